The van der Waals surface area contributed by atoms with Gasteiger partial charge in [0, 0.05) is 5.57 Å². The van der Waals surface area contributed by atoms with Crippen molar-refractivity contribution in [2.45, 2.75) is 117 Å². The standard InChI is InChI=1S/C22H42O2/c1-4-6-7-8-9-10-11-12-13-14-15-16-17-21(5-2)19-18-20(3)22(23)24/h21H,3-19H2,1-2H3,(H,23,24). The molecule has 1 atom stereocenters. The second-order valence-electron chi connectivity index (χ2n) is 7.40. The third-order valence-corrected chi connectivity index (χ3v) is 5.20. The van der Waals surface area contributed by atoms with Crippen molar-refractivity contribution in [1.82, 2.24) is 0 Å². The lowest BCUT2D eigenvalue weighted by molar-refractivity contribution is -0.132. The average Bonchev–Trinajstić information content (AvgIpc) is 2.58. The molecule has 0 radical (unpaired) electrons. The monoisotopic (exact) mass is 338 g/mol. The summed E-state index contributed by atoms with van der Waals surface area (Å²) in [5, 5.41) is 8.86. The van der Waals surface area contributed by atoms with Crippen LogP contribution in [0.4, 0.5) is 0 Å². The lowest BCUT2D eigenvalue weighted by atomic mass is 9.92. The summed E-state index contributed by atoms with van der Waals surface area (Å²) in [7, 11) is 0. The Labute approximate surface area is 151 Å². The van der Waals surface area contributed by atoms with Crippen molar-refractivity contribution >= 4 is 5.97 Å². The highest BCUT2D eigenvalue weighted by atomic mass is 16.4. The zero-order valence-electron chi connectivity index (χ0n) is 16.5. The number of carboxylic acids is 1. The highest BCUT2D eigenvalue weighted by Crippen LogP contribution is 2.22. The van der Waals surface area contributed by atoms with Gasteiger partial charge in [0.1, 0.15) is 0 Å². The van der Waals surface area contributed by atoms with Crippen LogP contribution in [0.15, 0.2) is 12.2 Å². The maximum atomic E-state index is 10.8. The third kappa shape index (κ3) is 14.8. The van der Waals surface area contributed by atoms with Gasteiger partial charge in [-0.25, -0.2) is 4.79 Å². The number of rotatable bonds is 18. The second kappa shape index (κ2) is 17.0. The van der Waals surface area contributed by atoms with Crippen LogP contribution in [0.25, 0.3) is 0 Å². The summed E-state index contributed by atoms with van der Waals surface area (Å²) >= 11 is 0. The van der Waals surface area contributed by atoms with Gasteiger partial charge in [-0.2, -0.15) is 0 Å². The van der Waals surface area contributed by atoms with Crippen molar-refractivity contribution in [1.29, 1.82) is 0 Å². The Bertz CT molecular complexity index is 309. The summed E-state index contributed by atoms with van der Waals surface area (Å²) in [4.78, 5) is 10.8. The van der Waals surface area contributed by atoms with Crippen LogP contribution >= 0.6 is 0 Å². The van der Waals surface area contributed by atoms with E-state index in [9.17, 15) is 4.79 Å². The van der Waals surface area contributed by atoms with Crippen LogP contribution in [0, 0.1) is 5.92 Å². The number of aliphatic carboxylic acids is 1. The molecule has 1 N–H and O–H groups in total. The minimum Gasteiger partial charge on any atom is -0.478 e. The molecule has 0 fully saturated rings. The molecule has 142 valence electrons. The van der Waals surface area contributed by atoms with E-state index < -0.39 is 5.97 Å². The predicted molar refractivity (Wildman–Crippen MR) is 105 cm³/mol. The Hall–Kier alpha value is -0.790. The first-order valence-electron chi connectivity index (χ1n) is 10.5. The van der Waals surface area contributed by atoms with Gasteiger partial charge in [-0.05, 0) is 18.8 Å². The van der Waals surface area contributed by atoms with Crippen molar-refractivity contribution in [3.05, 3.63) is 12.2 Å². The fourth-order valence-corrected chi connectivity index (χ4v) is 3.31. The van der Waals surface area contributed by atoms with Crippen LogP contribution in [0.2, 0.25) is 0 Å². The lowest BCUT2D eigenvalue weighted by Gasteiger charge is -2.14. The van der Waals surface area contributed by atoms with Crippen molar-refractivity contribution < 1.29 is 9.90 Å². The summed E-state index contributed by atoms with van der Waals surface area (Å²) in [5.74, 6) is -0.167. The number of carbonyl (C=O) groups is 1. The Morgan fingerprint density at radius 2 is 1.25 bits per heavy atom. The number of unbranched alkanes of at least 4 members (excludes halogenated alkanes) is 11. The van der Waals surface area contributed by atoms with Crippen LogP contribution in [0.5, 0.6) is 0 Å². The molecule has 0 aromatic heterocycles. The Morgan fingerprint density at radius 1 is 0.792 bits per heavy atom. The molecule has 0 bridgehead atoms. The van der Waals surface area contributed by atoms with Crippen molar-refractivity contribution in [2.75, 3.05) is 0 Å². The normalized spacial score (nSPS) is 12.2. The van der Waals surface area contributed by atoms with Gasteiger partial charge in [-0.3, -0.25) is 0 Å². The molecule has 0 spiro atoms. The molecular weight excluding hydrogens is 296 g/mol. The summed E-state index contributed by atoms with van der Waals surface area (Å²) in [6.45, 7) is 8.12. The van der Waals surface area contributed by atoms with E-state index in [2.05, 4.69) is 20.4 Å². The predicted octanol–water partition coefficient (Wildman–Crippen LogP) is 7.52. The third-order valence-electron chi connectivity index (χ3n) is 5.20. The fraction of sp³-hybridized carbons (Fsp3) is 0.864. The fourth-order valence-electron chi connectivity index (χ4n) is 3.31. The van der Waals surface area contributed by atoms with E-state index in [-0.39, 0.29) is 0 Å². The minimum atomic E-state index is -0.838. The zero-order chi connectivity index (χ0) is 18.0. The van der Waals surface area contributed by atoms with Gasteiger partial charge in [0.2, 0.25) is 0 Å². The molecule has 0 saturated heterocycles. The molecule has 24 heavy (non-hydrogen) atoms. The molecule has 2 heteroatoms. The molecule has 0 aliphatic heterocycles. The lowest BCUT2D eigenvalue weighted by Crippen LogP contribution is -2.04. The van der Waals surface area contributed by atoms with E-state index in [0.717, 1.165) is 12.8 Å². The van der Waals surface area contributed by atoms with Crippen molar-refractivity contribution in [3.8, 4) is 0 Å². The van der Waals surface area contributed by atoms with Crippen molar-refractivity contribution in [3.63, 3.8) is 0 Å². The van der Waals surface area contributed by atoms with E-state index >= 15 is 0 Å². The highest BCUT2D eigenvalue weighted by Gasteiger charge is 2.10. The van der Waals surface area contributed by atoms with E-state index in [1.807, 2.05) is 0 Å². The largest absolute Gasteiger partial charge is 0.478 e. The van der Waals surface area contributed by atoms with Crippen LogP contribution in [-0.2, 0) is 4.79 Å². The first-order valence-corrected chi connectivity index (χ1v) is 10.5. The number of hydrogen-bond donors (Lipinski definition) is 1. The molecule has 0 aromatic rings. The molecule has 0 aromatic carbocycles. The first-order chi connectivity index (χ1) is 11.6. The van der Waals surface area contributed by atoms with Crippen LogP contribution in [-0.4, -0.2) is 11.1 Å². The summed E-state index contributed by atoms with van der Waals surface area (Å²) in [5.41, 5.74) is 0.364. The molecule has 0 rings (SSSR count). The SMILES string of the molecule is C=C(CCC(CC)CCCCCCCCCCCCCC)C(=O)O. The Balaban J connectivity index is 3.38. The van der Waals surface area contributed by atoms with Gasteiger partial charge < -0.3 is 5.11 Å². The Kier molecular flexibility index (Phi) is 16.5. The number of hydrogen-bond acceptors (Lipinski definition) is 1. The van der Waals surface area contributed by atoms with Crippen LogP contribution in [0.1, 0.15) is 117 Å². The average molecular weight is 339 g/mol. The molecule has 2 nitrogen and oxygen atoms in total. The maximum absolute atomic E-state index is 10.8. The molecule has 0 amide bonds. The summed E-state index contributed by atoms with van der Waals surface area (Å²) in [6, 6.07) is 0. The molecule has 0 heterocycles. The van der Waals surface area contributed by atoms with Gasteiger partial charge in [-0.1, -0.05) is 110 Å². The Morgan fingerprint density at radius 3 is 1.67 bits per heavy atom. The minimum absolute atomic E-state index is 0.364. The van der Waals surface area contributed by atoms with Crippen LogP contribution < -0.4 is 0 Å². The smallest absolute Gasteiger partial charge is 0.330 e. The molecule has 0 aliphatic rings. The molecule has 1 unspecified atom stereocenters. The summed E-state index contributed by atoms with van der Waals surface area (Å²) < 4.78 is 0. The first kappa shape index (κ1) is 23.2. The van der Waals surface area contributed by atoms with E-state index in [1.54, 1.807) is 0 Å². The summed E-state index contributed by atoms with van der Waals surface area (Å²) in [6.07, 6.45) is 20.7. The number of carboxylic acid groups (broad SMARTS) is 1. The van der Waals surface area contributed by atoms with Gasteiger partial charge in [-0.15, -0.1) is 0 Å². The molecule has 0 saturated carbocycles. The molecule has 0 aliphatic carbocycles. The van der Waals surface area contributed by atoms with Gasteiger partial charge in [0.25, 0.3) is 0 Å². The van der Waals surface area contributed by atoms with Gasteiger partial charge in [0.15, 0.2) is 0 Å². The highest BCUT2D eigenvalue weighted by molar-refractivity contribution is 5.85. The van der Waals surface area contributed by atoms with E-state index in [1.165, 1.54) is 83.5 Å². The van der Waals surface area contributed by atoms with Gasteiger partial charge in [0.05, 0.1) is 0 Å². The topological polar surface area (TPSA) is 37.3 Å². The van der Waals surface area contributed by atoms with E-state index in [0.29, 0.717) is 17.9 Å². The van der Waals surface area contributed by atoms with Crippen molar-refractivity contribution in [2.24, 2.45) is 5.92 Å². The quantitative estimate of drug-likeness (QED) is 0.207. The second-order valence-corrected chi connectivity index (χ2v) is 7.40. The van der Waals surface area contributed by atoms with E-state index in [4.69, 9.17) is 5.11 Å². The zero-order valence-corrected chi connectivity index (χ0v) is 16.5. The maximum Gasteiger partial charge on any atom is 0.330 e. The van der Waals surface area contributed by atoms with Crippen LogP contribution in [0.3, 0.4) is 0 Å². The van der Waals surface area contributed by atoms with Gasteiger partial charge >= 0.3 is 5.97 Å². The molecular formula is C22H42O2.